The van der Waals surface area contributed by atoms with Gasteiger partial charge in [-0.05, 0) is 32.1 Å². The Balaban J connectivity index is 1.65. The molecule has 98 valence electrons. The maximum atomic E-state index is 11.5. The van der Waals surface area contributed by atoms with Crippen molar-refractivity contribution in [1.29, 1.82) is 0 Å². The molecular weight excluding hydrogens is 270 g/mol. The van der Waals surface area contributed by atoms with E-state index in [1.54, 1.807) is 17.3 Å². The molecule has 1 heterocycles. The van der Waals surface area contributed by atoms with E-state index in [-0.39, 0.29) is 0 Å². The average molecular weight is 285 g/mol. The fourth-order valence-corrected chi connectivity index (χ4v) is 4.48. The first-order chi connectivity index (χ1) is 8.68. The minimum atomic E-state index is -0.705. The maximum absolute atomic E-state index is 11.5. The van der Waals surface area contributed by atoms with Gasteiger partial charge in [-0.15, -0.1) is 10.2 Å². The van der Waals surface area contributed by atoms with Gasteiger partial charge in [0.1, 0.15) is 11.0 Å². The van der Waals surface area contributed by atoms with Crippen LogP contribution in [0.15, 0.2) is 9.85 Å². The van der Waals surface area contributed by atoms with E-state index in [1.807, 2.05) is 0 Å². The lowest BCUT2D eigenvalue weighted by atomic mass is 9.98. The second-order valence-electron chi connectivity index (χ2n) is 4.99. The molecule has 1 aromatic rings. The van der Waals surface area contributed by atoms with Crippen LogP contribution >= 0.6 is 23.1 Å². The Bertz CT molecular complexity index is 436. The van der Waals surface area contributed by atoms with E-state index in [4.69, 9.17) is 0 Å². The molecule has 2 aliphatic rings. The molecule has 2 unspecified atom stereocenters. The van der Waals surface area contributed by atoms with Crippen LogP contribution < -0.4 is 5.32 Å². The first-order valence-corrected chi connectivity index (χ1v) is 7.88. The number of thioether (sulfide) groups is 1. The zero-order valence-corrected chi connectivity index (χ0v) is 11.5. The minimum Gasteiger partial charge on any atom is -0.480 e. The third kappa shape index (κ3) is 2.53. The number of rotatable bonds is 5. The highest BCUT2D eigenvalue weighted by Crippen LogP contribution is 2.42. The third-order valence-corrected chi connectivity index (χ3v) is 5.62. The van der Waals surface area contributed by atoms with Gasteiger partial charge in [-0.2, -0.15) is 0 Å². The molecule has 5 nitrogen and oxygen atoms in total. The third-order valence-electron chi connectivity index (χ3n) is 3.54. The molecule has 2 atom stereocenters. The van der Waals surface area contributed by atoms with Gasteiger partial charge in [0, 0.05) is 11.3 Å². The topological polar surface area (TPSA) is 75.1 Å². The van der Waals surface area contributed by atoms with Crippen LogP contribution in [0.3, 0.4) is 0 Å². The average Bonchev–Trinajstić information content (AvgIpc) is 2.84. The summed E-state index contributed by atoms with van der Waals surface area (Å²) in [6.45, 7) is 0. The summed E-state index contributed by atoms with van der Waals surface area (Å²) in [6.07, 6.45) is 4.56. The van der Waals surface area contributed by atoms with E-state index in [9.17, 15) is 9.90 Å². The number of aromatic nitrogens is 2. The van der Waals surface area contributed by atoms with Crippen LogP contribution in [-0.4, -0.2) is 38.1 Å². The quantitative estimate of drug-likeness (QED) is 0.858. The van der Waals surface area contributed by atoms with Crippen LogP contribution in [0.25, 0.3) is 0 Å². The smallest absolute Gasteiger partial charge is 0.323 e. The number of carboxylic acid groups (broad SMARTS) is 1. The van der Waals surface area contributed by atoms with Crippen molar-refractivity contribution in [2.75, 3.05) is 0 Å². The number of carboxylic acids is 1. The number of nitrogens with zero attached hydrogens (tertiary/aromatic N) is 2. The highest BCUT2D eigenvalue weighted by Gasteiger charge is 2.48. The van der Waals surface area contributed by atoms with E-state index in [0.29, 0.717) is 17.7 Å². The van der Waals surface area contributed by atoms with Gasteiger partial charge < -0.3 is 5.11 Å². The largest absolute Gasteiger partial charge is 0.480 e. The first-order valence-electron chi connectivity index (χ1n) is 6.12. The fourth-order valence-electron chi connectivity index (χ4n) is 2.46. The van der Waals surface area contributed by atoms with Gasteiger partial charge in [0.25, 0.3) is 0 Å². The Labute approximate surface area is 113 Å². The molecule has 0 amide bonds. The van der Waals surface area contributed by atoms with Gasteiger partial charge >= 0.3 is 5.97 Å². The predicted molar refractivity (Wildman–Crippen MR) is 69.9 cm³/mol. The molecule has 0 radical (unpaired) electrons. The second-order valence-corrected chi connectivity index (χ2v) is 7.37. The highest BCUT2D eigenvalue weighted by molar-refractivity contribution is 8.01. The van der Waals surface area contributed by atoms with Crippen LogP contribution in [0, 0.1) is 0 Å². The molecule has 2 aliphatic carbocycles. The van der Waals surface area contributed by atoms with Crippen molar-refractivity contribution in [3.8, 4) is 0 Å². The summed E-state index contributed by atoms with van der Waals surface area (Å²) < 4.78 is 0.938. The molecule has 18 heavy (non-hydrogen) atoms. The number of hydrogen-bond donors (Lipinski definition) is 2. The predicted octanol–water partition coefficient (Wildman–Crippen LogP) is 1.76. The normalized spacial score (nSPS) is 31.7. The molecule has 3 rings (SSSR count). The molecule has 2 saturated carbocycles. The molecule has 2 N–H and O–H groups in total. The van der Waals surface area contributed by atoms with E-state index in [2.05, 4.69) is 15.5 Å². The summed E-state index contributed by atoms with van der Waals surface area (Å²) in [5.41, 5.74) is 1.01. The van der Waals surface area contributed by atoms with Gasteiger partial charge in [0.05, 0.1) is 0 Å². The van der Waals surface area contributed by atoms with Gasteiger partial charge in [-0.1, -0.05) is 23.1 Å². The van der Waals surface area contributed by atoms with Crippen molar-refractivity contribution in [2.24, 2.45) is 0 Å². The Morgan fingerprint density at radius 1 is 1.56 bits per heavy atom. The molecular formula is C11H15N3O2S2. The molecule has 0 spiro atoms. The highest BCUT2D eigenvalue weighted by atomic mass is 32.2. The molecule has 0 bridgehead atoms. The number of aliphatic carboxylic acids is 1. The maximum Gasteiger partial charge on any atom is 0.323 e. The van der Waals surface area contributed by atoms with E-state index >= 15 is 0 Å². The molecule has 0 aromatic carbocycles. The lowest BCUT2D eigenvalue weighted by Crippen LogP contribution is -2.51. The molecule has 0 aliphatic heterocycles. The van der Waals surface area contributed by atoms with E-state index in [0.717, 1.165) is 30.0 Å². The van der Waals surface area contributed by atoms with Crippen LogP contribution in [-0.2, 0) is 4.79 Å². The number of carbonyl (C=O) groups is 1. The van der Waals surface area contributed by atoms with Gasteiger partial charge in [0.15, 0.2) is 4.34 Å². The lowest BCUT2D eigenvalue weighted by Gasteiger charge is -2.25. The first kappa shape index (κ1) is 12.4. The Hall–Kier alpha value is -0.660. The van der Waals surface area contributed by atoms with Crippen LogP contribution in [0.2, 0.25) is 0 Å². The monoisotopic (exact) mass is 285 g/mol. The summed E-state index contributed by atoms with van der Waals surface area (Å²) in [7, 11) is 0. The molecule has 0 saturated heterocycles. The van der Waals surface area contributed by atoms with Crippen molar-refractivity contribution < 1.29 is 9.90 Å². The SMILES string of the molecule is O=C(O)C1(NC2CC2)CCC(Sc2nncs2)C1. The van der Waals surface area contributed by atoms with Gasteiger partial charge in [0.2, 0.25) is 0 Å². The van der Waals surface area contributed by atoms with E-state index in [1.165, 1.54) is 11.3 Å². The summed E-state index contributed by atoms with van der Waals surface area (Å²) in [6, 6.07) is 0.423. The van der Waals surface area contributed by atoms with Crippen molar-refractivity contribution in [3.05, 3.63) is 5.51 Å². The Kier molecular flexibility index (Phi) is 3.29. The summed E-state index contributed by atoms with van der Waals surface area (Å²) in [5.74, 6) is -0.699. The van der Waals surface area contributed by atoms with Gasteiger partial charge in [-0.3, -0.25) is 10.1 Å². The molecule has 1 aromatic heterocycles. The van der Waals surface area contributed by atoms with Crippen molar-refractivity contribution in [3.63, 3.8) is 0 Å². The fraction of sp³-hybridized carbons (Fsp3) is 0.727. The van der Waals surface area contributed by atoms with Crippen molar-refractivity contribution in [2.45, 2.75) is 53.3 Å². The second kappa shape index (κ2) is 4.79. The summed E-state index contributed by atoms with van der Waals surface area (Å²) >= 11 is 3.18. The van der Waals surface area contributed by atoms with Crippen molar-refractivity contribution in [1.82, 2.24) is 15.5 Å². The summed E-state index contributed by atoms with van der Waals surface area (Å²) in [4.78, 5) is 11.5. The van der Waals surface area contributed by atoms with Crippen LogP contribution in [0.4, 0.5) is 0 Å². The molecule has 2 fully saturated rings. The minimum absolute atomic E-state index is 0.334. The van der Waals surface area contributed by atoms with Gasteiger partial charge in [-0.25, -0.2) is 0 Å². The number of nitrogens with one attached hydrogen (secondary N) is 1. The van der Waals surface area contributed by atoms with Crippen molar-refractivity contribution >= 4 is 29.1 Å². The Morgan fingerprint density at radius 3 is 3.00 bits per heavy atom. The van der Waals surface area contributed by atoms with Crippen LogP contribution in [0.5, 0.6) is 0 Å². The van der Waals surface area contributed by atoms with Crippen LogP contribution in [0.1, 0.15) is 32.1 Å². The number of hydrogen-bond acceptors (Lipinski definition) is 6. The molecule has 7 heteroatoms. The van der Waals surface area contributed by atoms with E-state index < -0.39 is 11.5 Å². The zero-order valence-electron chi connectivity index (χ0n) is 9.83. The summed E-state index contributed by atoms with van der Waals surface area (Å²) in [5, 5.41) is 21.0. The lowest BCUT2D eigenvalue weighted by molar-refractivity contribution is -0.144. The zero-order chi connectivity index (χ0) is 12.6. The standard InChI is InChI=1S/C11H15N3O2S2/c15-9(16)11(13-7-1-2-7)4-3-8(5-11)18-10-14-12-6-17-10/h6-8,13H,1-5H2,(H,15,16). The Morgan fingerprint density at radius 2 is 2.39 bits per heavy atom.